The maximum atomic E-state index is 8.87. The lowest BCUT2D eigenvalue weighted by molar-refractivity contribution is 0.266. The minimum atomic E-state index is 0.368. The van der Waals surface area contributed by atoms with Gasteiger partial charge in [-0.1, -0.05) is 6.07 Å². The molecule has 0 atom stereocenters. The van der Waals surface area contributed by atoms with E-state index in [0.717, 1.165) is 5.69 Å². The highest BCUT2D eigenvalue weighted by molar-refractivity contribution is 5.46. The second kappa shape index (κ2) is 6.41. The summed E-state index contributed by atoms with van der Waals surface area (Å²) in [5.74, 6) is 1.20. The average molecular weight is 254 g/mol. The maximum absolute atomic E-state index is 8.87. The highest BCUT2D eigenvalue weighted by atomic mass is 16.5. The van der Waals surface area contributed by atoms with Crippen LogP contribution in [-0.2, 0) is 6.61 Å². The van der Waals surface area contributed by atoms with Gasteiger partial charge in [0.15, 0.2) is 11.5 Å². The second-order valence-corrected chi connectivity index (χ2v) is 3.82. The first kappa shape index (κ1) is 12.9. The zero-order valence-corrected chi connectivity index (χ0v) is 10.7. The number of ether oxygens (including phenoxy) is 2. The van der Waals surface area contributed by atoms with Gasteiger partial charge < -0.3 is 9.47 Å². The van der Waals surface area contributed by atoms with Crippen LogP contribution in [0.25, 0.3) is 0 Å². The Hall–Kier alpha value is -2.54. The number of nitrogens with zero attached hydrogens (tertiary/aromatic N) is 2. The molecule has 1 aromatic carbocycles. The molecule has 0 radical (unpaired) electrons. The van der Waals surface area contributed by atoms with Gasteiger partial charge in [-0.15, -0.1) is 0 Å². The SMILES string of the molecule is CCOc1cc(C#N)ccc1OCc1ccccn1. The second-order valence-electron chi connectivity index (χ2n) is 3.82. The Morgan fingerprint density at radius 2 is 2.05 bits per heavy atom. The third-order valence-electron chi connectivity index (χ3n) is 2.47. The molecule has 0 bridgehead atoms. The van der Waals surface area contributed by atoms with Crippen molar-refractivity contribution in [3.05, 3.63) is 53.9 Å². The predicted octanol–water partition coefficient (Wildman–Crippen LogP) is 2.93. The molecular formula is C15H14N2O2. The lowest BCUT2D eigenvalue weighted by Gasteiger charge is -2.11. The third-order valence-corrected chi connectivity index (χ3v) is 2.47. The first-order valence-corrected chi connectivity index (χ1v) is 6.03. The van der Waals surface area contributed by atoms with Crippen LogP contribution in [0.3, 0.4) is 0 Å². The molecular weight excluding hydrogens is 240 g/mol. The van der Waals surface area contributed by atoms with Crippen LogP contribution in [0.4, 0.5) is 0 Å². The molecule has 4 nitrogen and oxygen atoms in total. The summed E-state index contributed by atoms with van der Waals surface area (Å²) in [5, 5.41) is 8.87. The number of nitriles is 1. The van der Waals surface area contributed by atoms with Gasteiger partial charge in [0.05, 0.1) is 23.9 Å². The van der Waals surface area contributed by atoms with Crippen molar-refractivity contribution in [2.24, 2.45) is 0 Å². The molecule has 0 saturated heterocycles. The van der Waals surface area contributed by atoms with Crippen LogP contribution in [0.5, 0.6) is 11.5 Å². The van der Waals surface area contributed by atoms with Crippen molar-refractivity contribution < 1.29 is 9.47 Å². The minimum Gasteiger partial charge on any atom is -0.490 e. The summed E-state index contributed by atoms with van der Waals surface area (Å²) >= 11 is 0. The summed E-state index contributed by atoms with van der Waals surface area (Å²) in [6, 6.07) is 12.9. The quantitative estimate of drug-likeness (QED) is 0.823. The van der Waals surface area contributed by atoms with Crippen molar-refractivity contribution in [2.75, 3.05) is 6.61 Å². The summed E-state index contributed by atoms with van der Waals surface area (Å²) in [7, 11) is 0. The molecule has 0 amide bonds. The summed E-state index contributed by atoms with van der Waals surface area (Å²) in [4.78, 5) is 4.19. The van der Waals surface area contributed by atoms with Crippen LogP contribution >= 0.6 is 0 Å². The molecule has 2 aromatic rings. The zero-order chi connectivity index (χ0) is 13.5. The Labute approximate surface area is 112 Å². The van der Waals surface area contributed by atoms with Gasteiger partial charge in [-0.2, -0.15) is 5.26 Å². The molecule has 0 saturated carbocycles. The number of hydrogen-bond acceptors (Lipinski definition) is 4. The summed E-state index contributed by atoms with van der Waals surface area (Å²) in [6.07, 6.45) is 1.72. The van der Waals surface area contributed by atoms with Crippen LogP contribution in [0.15, 0.2) is 42.6 Å². The third kappa shape index (κ3) is 3.46. The van der Waals surface area contributed by atoms with E-state index in [0.29, 0.717) is 30.3 Å². The summed E-state index contributed by atoms with van der Waals surface area (Å²) in [5.41, 5.74) is 1.39. The molecule has 0 aliphatic heterocycles. The Balaban J connectivity index is 2.13. The molecule has 0 fully saturated rings. The minimum absolute atomic E-state index is 0.368. The molecule has 0 spiro atoms. The fourth-order valence-electron chi connectivity index (χ4n) is 1.60. The van der Waals surface area contributed by atoms with Crippen LogP contribution in [0, 0.1) is 11.3 Å². The van der Waals surface area contributed by atoms with Crippen molar-refractivity contribution in [3.63, 3.8) is 0 Å². The van der Waals surface area contributed by atoms with E-state index in [1.54, 1.807) is 24.4 Å². The number of aromatic nitrogens is 1. The van der Waals surface area contributed by atoms with Gasteiger partial charge in [0.2, 0.25) is 0 Å². The number of hydrogen-bond donors (Lipinski definition) is 0. The van der Waals surface area contributed by atoms with E-state index in [4.69, 9.17) is 14.7 Å². The Morgan fingerprint density at radius 3 is 2.74 bits per heavy atom. The van der Waals surface area contributed by atoms with E-state index < -0.39 is 0 Å². The monoisotopic (exact) mass is 254 g/mol. The molecule has 0 aliphatic carbocycles. The van der Waals surface area contributed by atoms with Gasteiger partial charge in [0, 0.05) is 12.3 Å². The lowest BCUT2D eigenvalue weighted by atomic mass is 10.2. The van der Waals surface area contributed by atoms with E-state index in [1.165, 1.54) is 0 Å². The van der Waals surface area contributed by atoms with E-state index in [9.17, 15) is 0 Å². The van der Waals surface area contributed by atoms with Crippen LogP contribution < -0.4 is 9.47 Å². The molecule has 1 aromatic heterocycles. The summed E-state index contributed by atoms with van der Waals surface area (Å²) in [6.45, 7) is 2.78. The highest BCUT2D eigenvalue weighted by Gasteiger charge is 2.07. The molecule has 0 aliphatic rings. The smallest absolute Gasteiger partial charge is 0.162 e. The Morgan fingerprint density at radius 1 is 1.16 bits per heavy atom. The van der Waals surface area contributed by atoms with Crippen molar-refractivity contribution >= 4 is 0 Å². The largest absolute Gasteiger partial charge is 0.490 e. The molecule has 0 unspecified atom stereocenters. The predicted molar refractivity (Wildman–Crippen MR) is 70.9 cm³/mol. The van der Waals surface area contributed by atoms with Crippen LogP contribution in [0.2, 0.25) is 0 Å². The number of pyridine rings is 1. The molecule has 96 valence electrons. The Kier molecular flexibility index (Phi) is 4.35. The summed E-state index contributed by atoms with van der Waals surface area (Å²) < 4.78 is 11.1. The van der Waals surface area contributed by atoms with Gasteiger partial charge in [-0.25, -0.2) is 0 Å². The van der Waals surface area contributed by atoms with Crippen LogP contribution in [0.1, 0.15) is 18.2 Å². The van der Waals surface area contributed by atoms with E-state index in [2.05, 4.69) is 11.1 Å². The van der Waals surface area contributed by atoms with Gasteiger partial charge in [-0.3, -0.25) is 4.98 Å². The normalized spacial score (nSPS) is 9.68. The highest BCUT2D eigenvalue weighted by Crippen LogP contribution is 2.28. The van der Waals surface area contributed by atoms with Gasteiger partial charge >= 0.3 is 0 Å². The molecule has 19 heavy (non-hydrogen) atoms. The molecule has 0 N–H and O–H groups in total. The van der Waals surface area contributed by atoms with Crippen LogP contribution in [-0.4, -0.2) is 11.6 Å². The van der Waals surface area contributed by atoms with Gasteiger partial charge in [0.1, 0.15) is 6.61 Å². The fourth-order valence-corrected chi connectivity index (χ4v) is 1.60. The van der Waals surface area contributed by atoms with E-state index in [-0.39, 0.29) is 0 Å². The van der Waals surface area contributed by atoms with Crippen molar-refractivity contribution in [1.29, 1.82) is 5.26 Å². The van der Waals surface area contributed by atoms with Crippen molar-refractivity contribution in [2.45, 2.75) is 13.5 Å². The van der Waals surface area contributed by atoms with Crippen molar-refractivity contribution in [3.8, 4) is 17.6 Å². The Bertz CT molecular complexity index is 576. The molecule has 2 rings (SSSR count). The number of rotatable bonds is 5. The van der Waals surface area contributed by atoms with Gasteiger partial charge in [0.25, 0.3) is 0 Å². The molecule has 4 heteroatoms. The van der Waals surface area contributed by atoms with Gasteiger partial charge in [-0.05, 0) is 31.2 Å². The van der Waals surface area contributed by atoms with Crippen molar-refractivity contribution in [1.82, 2.24) is 4.98 Å². The van der Waals surface area contributed by atoms with E-state index in [1.807, 2.05) is 25.1 Å². The molecule has 1 heterocycles. The van der Waals surface area contributed by atoms with E-state index >= 15 is 0 Å². The number of benzene rings is 1. The fraction of sp³-hybridized carbons (Fsp3) is 0.200. The lowest BCUT2D eigenvalue weighted by Crippen LogP contribution is -2.01. The average Bonchev–Trinajstić information content (AvgIpc) is 2.47. The zero-order valence-electron chi connectivity index (χ0n) is 10.7. The first-order valence-electron chi connectivity index (χ1n) is 6.03. The standard InChI is InChI=1S/C15H14N2O2/c1-2-18-15-9-12(10-16)6-7-14(15)19-11-13-5-3-4-8-17-13/h3-9H,2,11H2,1H3. The topological polar surface area (TPSA) is 55.1 Å². The maximum Gasteiger partial charge on any atom is 0.162 e. The first-order chi connectivity index (χ1) is 9.33.